The lowest BCUT2D eigenvalue weighted by Gasteiger charge is -2.35. The SMILES string of the molecule is COc1cccc([C@H]2c3nc[nH]c3CCN2Cc2cc(C(C)(C)C)n[nH]2)c1. The summed E-state index contributed by atoms with van der Waals surface area (Å²) in [6.07, 6.45) is 2.77. The van der Waals surface area contributed by atoms with Gasteiger partial charge in [0.1, 0.15) is 5.75 Å². The van der Waals surface area contributed by atoms with Gasteiger partial charge in [-0.2, -0.15) is 5.10 Å². The average molecular weight is 365 g/mol. The highest BCUT2D eigenvalue weighted by Gasteiger charge is 2.31. The zero-order valence-corrected chi connectivity index (χ0v) is 16.4. The fourth-order valence-corrected chi connectivity index (χ4v) is 3.72. The Morgan fingerprint density at radius 3 is 2.85 bits per heavy atom. The Morgan fingerprint density at radius 1 is 1.26 bits per heavy atom. The summed E-state index contributed by atoms with van der Waals surface area (Å²) in [5.41, 5.74) is 5.78. The minimum absolute atomic E-state index is 0.0399. The van der Waals surface area contributed by atoms with Crippen LogP contribution in [0.3, 0.4) is 0 Å². The molecule has 6 nitrogen and oxygen atoms in total. The van der Waals surface area contributed by atoms with Crippen molar-refractivity contribution in [3.8, 4) is 5.75 Å². The monoisotopic (exact) mass is 365 g/mol. The molecule has 3 aromatic rings. The third kappa shape index (κ3) is 3.49. The number of hydrogen-bond donors (Lipinski definition) is 2. The van der Waals surface area contributed by atoms with Gasteiger partial charge in [-0.05, 0) is 23.8 Å². The molecule has 0 unspecified atom stereocenters. The molecule has 0 saturated heterocycles. The molecule has 6 heteroatoms. The largest absolute Gasteiger partial charge is 0.497 e. The molecule has 1 aliphatic rings. The van der Waals surface area contributed by atoms with E-state index in [-0.39, 0.29) is 11.5 Å². The molecule has 2 aromatic heterocycles. The average Bonchev–Trinajstić information content (AvgIpc) is 3.30. The molecule has 1 aliphatic heterocycles. The fourth-order valence-electron chi connectivity index (χ4n) is 3.72. The number of fused-ring (bicyclic) bond motifs is 1. The van der Waals surface area contributed by atoms with Gasteiger partial charge in [0.05, 0.1) is 30.9 Å². The molecule has 1 atom stereocenters. The van der Waals surface area contributed by atoms with E-state index in [1.807, 2.05) is 12.1 Å². The molecule has 0 aliphatic carbocycles. The number of aromatic amines is 2. The van der Waals surface area contributed by atoms with E-state index in [9.17, 15) is 0 Å². The number of imidazole rings is 1. The first-order valence-electron chi connectivity index (χ1n) is 9.40. The summed E-state index contributed by atoms with van der Waals surface area (Å²) in [6.45, 7) is 8.31. The van der Waals surface area contributed by atoms with E-state index in [0.717, 1.165) is 42.3 Å². The van der Waals surface area contributed by atoms with Gasteiger partial charge in [-0.3, -0.25) is 10.00 Å². The number of benzene rings is 1. The van der Waals surface area contributed by atoms with Crippen molar-refractivity contribution in [3.05, 3.63) is 65.0 Å². The van der Waals surface area contributed by atoms with Crippen molar-refractivity contribution >= 4 is 0 Å². The van der Waals surface area contributed by atoms with Crippen molar-refractivity contribution in [2.24, 2.45) is 0 Å². The molecular formula is C21H27N5O. The molecule has 0 amide bonds. The minimum atomic E-state index is 0.0399. The van der Waals surface area contributed by atoms with Crippen LogP contribution in [0.1, 0.15) is 55.2 Å². The van der Waals surface area contributed by atoms with E-state index >= 15 is 0 Å². The number of ether oxygens (including phenoxy) is 1. The van der Waals surface area contributed by atoms with Crippen molar-refractivity contribution in [2.45, 2.75) is 45.2 Å². The van der Waals surface area contributed by atoms with Crippen molar-refractivity contribution in [1.82, 2.24) is 25.1 Å². The van der Waals surface area contributed by atoms with Crippen molar-refractivity contribution in [3.63, 3.8) is 0 Å². The van der Waals surface area contributed by atoms with Crippen LogP contribution in [-0.2, 0) is 18.4 Å². The van der Waals surface area contributed by atoms with Crippen LogP contribution in [0.25, 0.3) is 0 Å². The van der Waals surface area contributed by atoms with Gasteiger partial charge < -0.3 is 9.72 Å². The Kier molecular flexibility index (Phi) is 4.52. The standard InChI is InChI=1S/C21H27N5O/c1-21(2,3)18-11-15(24-25-18)12-26-9-8-17-19(23-13-22-17)20(26)14-6-5-7-16(10-14)27-4/h5-7,10-11,13,20H,8-9,12H2,1-4H3,(H,22,23)(H,24,25)/t20-/m0/s1. The quantitative estimate of drug-likeness (QED) is 0.741. The fraction of sp³-hybridized carbons (Fsp3) is 0.429. The first kappa shape index (κ1) is 17.8. The van der Waals surface area contributed by atoms with Crippen LogP contribution in [0.5, 0.6) is 5.75 Å². The second-order valence-electron chi connectivity index (χ2n) is 8.19. The molecule has 0 bridgehead atoms. The summed E-state index contributed by atoms with van der Waals surface area (Å²) in [5, 5.41) is 7.75. The predicted molar refractivity (Wildman–Crippen MR) is 105 cm³/mol. The molecule has 4 rings (SSSR count). The lowest BCUT2D eigenvalue weighted by Crippen LogP contribution is -2.36. The van der Waals surface area contributed by atoms with Gasteiger partial charge in [0, 0.05) is 36.3 Å². The molecule has 0 spiro atoms. The maximum Gasteiger partial charge on any atom is 0.119 e. The zero-order valence-electron chi connectivity index (χ0n) is 16.4. The van der Waals surface area contributed by atoms with Gasteiger partial charge in [0.15, 0.2) is 0 Å². The maximum absolute atomic E-state index is 5.45. The third-order valence-electron chi connectivity index (χ3n) is 5.21. The van der Waals surface area contributed by atoms with E-state index < -0.39 is 0 Å². The Balaban J connectivity index is 1.67. The zero-order chi connectivity index (χ0) is 19.0. The predicted octanol–water partition coefficient (Wildman–Crippen LogP) is 3.59. The van der Waals surface area contributed by atoms with Gasteiger partial charge in [0.2, 0.25) is 0 Å². The number of H-pyrrole nitrogens is 2. The molecule has 27 heavy (non-hydrogen) atoms. The summed E-state index contributed by atoms with van der Waals surface area (Å²) in [7, 11) is 1.70. The highest BCUT2D eigenvalue weighted by molar-refractivity contribution is 5.37. The highest BCUT2D eigenvalue weighted by atomic mass is 16.5. The summed E-state index contributed by atoms with van der Waals surface area (Å²) < 4.78 is 5.45. The lowest BCUT2D eigenvalue weighted by atomic mass is 9.92. The van der Waals surface area contributed by atoms with Crippen LogP contribution in [-0.4, -0.2) is 38.7 Å². The summed E-state index contributed by atoms with van der Waals surface area (Å²) in [6, 6.07) is 10.6. The number of nitrogens with one attached hydrogen (secondary N) is 2. The van der Waals surface area contributed by atoms with Gasteiger partial charge >= 0.3 is 0 Å². The first-order chi connectivity index (χ1) is 13.0. The first-order valence-corrected chi connectivity index (χ1v) is 9.40. The second-order valence-corrected chi connectivity index (χ2v) is 8.19. The lowest BCUT2D eigenvalue weighted by molar-refractivity contribution is 0.197. The van der Waals surface area contributed by atoms with Gasteiger partial charge in [-0.1, -0.05) is 32.9 Å². The molecule has 0 saturated carbocycles. The van der Waals surface area contributed by atoms with Gasteiger partial charge in [-0.15, -0.1) is 0 Å². The van der Waals surface area contributed by atoms with Crippen LogP contribution in [0.2, 0.25) is 0 Å². The van der Waals surface area contributed by atoms with Crippen LogP contribution >= 0.6 is 0 Å². The van der Waals surface area contributed by atoms with Gasteiger partial charge in [0.25, 0.3) is 0 Å². The highest BCUT2D eigenvalue weighted by Crippen LogP contribution is 2.35. The van der Waals surface area contributed by atoms with E-state index in [2.05, 4.69) is 64.0 Å². The maximum atomic E-state index is 5.45. The number of aromatic nitrogens is 4. The molecule has 3 heterocycles. The summed E-state index contributed by atoms with van der Waals surface area (Å²) in [4.78, 5) is 10.4. The number of hydrogen-bond acceptors (Lipinski definition) is 4. The molecule has 0 fully saturated rings. The molecule has 2 N–H and O–H groups in total. The molecule has 0 radical (unpaired) electrons. The minimum Gasteiger partial charge on any atom is -0.497 e. The van der Waals surface area contributed by atoms with Crippen LogP contribution < -0.4 is 4.74 Å². The third-order valence-corrected chi connectivity index (χ3v) is 5.21. The number of methoxy groups -OCH3 is 1. The number of nitrogens with zero attached hydrogens (tertiary/aromatic N) is 3. The normalized spacial score (nSPS) is 17.7. The Morgan fingerprint density at radius 2 is 2.11 bits per heavy atom. The Labute approximate surface area is 160 Å². The molecule has 142 valence electrons. The molecular weight excluding hydrogens is 338 g/mol. The Bertz CT molecular complexity index is 921. The van der Waals surface area contributed by atoms with Crippen LogP contribution in [0.4, 0.5) is 0 Å². The van der Waals surface area contributed by atoms with E-state index in [0.29, 0.717) is 0 Å². The van der Waals surface area contributed by atoms with Crippen molar-refractivity contribution in [1.29, 1.82) is 0 Å². The van der Waals surface area contributed by atoms with E-state index in [1.165, 1.54) is 11.3 Å². The Hall–Kier alpha value is -2.60. The van der Waals surface area contributed by atoms with Crippen LogP contribution in [0.15, 0.2) is 36.7 Å². The summed E-state index contributed by atoms with van der Waals surface area (Å²) >= 11 is 0. The van der Waals surface area contributed by atoms with Crippen molar-refractivity contribution in [2.75, 3.05) is 13.7 Å². The number of rotatable bonds is 4. The smallest absolute Gasteiger partial charge is 0.119 e. The van der Waals surface area contributed by atoms with Crippen LogP contribution in [0, 0.1) is 0 Å². The molecule has 1 aromatic carbocycles. The van der Waals surface area contributed by atoms with E-state index in [4.69, 9.17) is 4.74 Å². The van der Waals surface area contributed by atoms with Crippen molar-refractivity contribution < 1.29 is 4.74 Å². The summed E-state index contributed by atoms with van der Waals surface area (Å²) in [5.74, 6) is 0.867. The van der Waals surface area contributed by atoms with E-state index in [1.54, 1.807) is 13.4 Å². The second kappa shape index (κ2) is 6.85. The topological polar surface area (TPSA) is 69.8 Å². The van der Waals surface area contributed by atoms with Gasteiger partial charge in [-0.25, -0.2) is 4.98 Å².